The summed E-state index contributed by atoms with van der Waals surface area (Å²) in [4.78, 5) is 6.42. The number of hydrogen-bond acceptors (Lipinski definition) is 2. The van der Waals surface area contributed by atoms with Gasteiger partial charge in [0.1, 0.15) is 11.3 Å². The number of alkyl halides is 2. The summed E-state index contributed by atoms with van der Waals surface area (Å²) in [6, 6.07) is 2.29. The number of halogens is 2. The Bertz CT molecular complexity index is 439. The molecular formula is C8H6F2N2O. The van der Waals surface area contributed by atoms with Crippen molar-refractivity contribution in [1.82, 2.24) is 9.97 Å². The maximum Gasteiger partial charge on any atom is 0.264 e. The molecule has 0 unspecified atom stereocenters. The summed E-state index contributed by atoms with van der Waals surface area (Å²) in [5.41, 5.74) is 0.508. The van der Waals surface area contributed by atoms with Crippen LogP contribution in [0.1, 0.15) is 12.0 Å². The van der Waals surface area contributed by atoms with E-state index >= 15 is 0 Å². The fourth-order valence-electron chi connectivity index (χ4n) is 1.18. The predicted octanol–water partition coefficient (Wildman–Crippen LogP) is 2.21. The second-order valence-corrected chi connectivity index (χ2v) is 2.64. The van der Waals surface area contributed by atoms with Crippen LogP contribution in [-0.2, 0) is 0 Å². The summed E-state index contributed by atoms with van der Waals surface area (Å²) in [5.74, 6) is -0.228. The van der Waals surface area contributed by atoms with Crippen LogP contribution in [0.2, 0.25) is 0 Å². The number of H-pyrrole nitrogens is 1. The van der Waals surface area contributed by atoms with Gasteiger partial charge in [0, 0.05) is 5.56 Å². The smallest absolute Gasteiger partial charge is 0.264 e. The largest absolute Gasteiger partial charge is 0.506 e. The van der Waals surface area contributed by atoms with Crippen LogP contribution in [0.25, 0.3) is 11.0 Å². The molecule has 0 aliphatic heterocycles. The molecule has 0 spiro atoms. The number of nitrogens with one attached hydrogen (secondary N) is 1. The first-order valence-corrected chi connectivity index (χ1v) is 3.62. The zero-order chi connectivity index (χ0) is 9.42. The Labute approximate surface area is 72.0 Å². The van der Waals surface area contributed by atoms with E-state index in [1.807, 2.05) is 0 Å². The second kappa shape index (κ2) is 2.69. The van der Waals surface area contributed by atoms with Crippen molar-refractivity contribution in [3.63, 3.8) is 0 Å². The van der Waals surface area contributed by atoms with E-state index in [1.54, 1.807) is 0 Å². The zero-order valence-electron chi connectivity index (χ0n) is 6.46. The summed E-state index contributed by atoms with van der Waals surface area (Å²) in [7, 11) is 0. The van der Waals surface area contributed by atoms with Gasteiger partial charge in [-0.2, -0.15) is 0 Å². The van der Waals surface area contributed by atoms with E-state index in [9.17, 15) is 13.9 Å². The Morgan fingerprint density at radius 3 is 2.85 bits per heavy atom. The van der Waals surface area contributed by atoms with Gasteiger partial charge in [-0.15, -0.1) is 0 Å². The average molecular weight is 184 g/mol. The highest BCUT2D eigenvalue weighted by molar-refractivity contribution is 5.81. The lowest BCUT2D eigenvalue weighted by Gasteiger charge is -2.00. The molecule has 2 rings (SSSR count). The standard InChI is InChI=1S/C8H6F2N2O/c9-8(10)4-1-5-7(6(13)2-4)12-3-11-5/h1-3,8,13H,(H,11,12). The number of rotatable bonds is 1. The molecule has 0 saturated heterocycles. The monoisotopic (exact) mass is 184 g/mol. The van der Waals surface area contributed by atoms with Crippen molar-refractivity contribution in [2.75, 3.05) is 0 Å². The van der Waals surface area contributed by atoms with E-state index < -0.39 is 6.43 Å². The number of imidazole rings is 1. The van der Waals surface area contributed by atoms with Gasteiger partial charge in [-0.05, 0) is 12.1 Å². The van der Waals surface area contributed by atoms with Crippen molar-refractivity contribution in [2.24, 2.45) is 0 Å². The van der Waals surface area contributed by atoms with Gasteiger partial charge in [-0.3, -0.25) is 0 Å². The third-order valence-electron chi connectivity index (χ3n) is 1.78. The first-order valence-electron chi connectivity index (χ1n) is 3.62. The molecule has 3 nitrogen and oxygen atoms in total. The number of fused-ring (bicyclic) bond motifs is 1. The minimum atomic E-state index is -2.58. The van der Waals surface area contributed by atoms with E-state index in [2.05, 4.69) is 9.97 Å². The Morgan fingerprint density at radius 1 is 1.38 bits per heavy atom. The lowest BCUT2D eigenvalue weighted by atomic mass is 10.2. The van der Waals surface area contributed by atoms with Gasteiger partial charge in [0.2, 0.25) is 0 Å². The first kappa shape index (κ1) is 7.97. The number of aromatic hydroxyl groups is 1. The zero-order valence-corrected chi connectivity index (χ0v) is 6.46. The number of aromatic nitrogens is 2. The minimum absolute atomic E-state index is 0.214. The number of phenolic OH excluding ortho intramolecular Hbond substituents is 1. The summed E-state index contributed by atoms with van der Waals surface area (Å²) < 4.78 is 24.5. The van der Waals surface area contributed by atoms with E-state index in [0.717, 1.165) is 6.07 Å². The molecule has 0 amide bonds. The SMILES string of the molecule is Oc1cc(C(F)F)cc2[nH]cnc12. The van der Waals surface area contributed by atoms with Crippen LogP contribution in [0.3, 0.4) is 0 Å². The Hall–Kier alpha value is -1.65. The van der Waals surface area contributed by atoms with Crippen LogP contribution in [0.15, 0.2) is 18.5 Å². The number of nitrogens with zero attached hydrogens (tertiary/aromatic N) is 1. The topological polar surface area (TPSA) is 48.9 Å². The number of hydrogen-bond donors (Lipinski definition) is 2. The van der Waals surface area contributed by atoms with Crippen LogP contribution in [-0.4, -0.2) is 15.1 Å². The third kappa shape index (κ3) is 1.22. The van der Waals surface area contributed by atoms with E-state index in [4.69, 9.17) is 0 Å². The Kier molecular flexibility index (Phi) is 1.65. The van der Waals surface area contributed by atoms with E-state index in [1.165, 1.54) is 12.4 Å². The van der Waals surface area contributed by atoms with Gasteiger partial charge in [0.05, 0.1) is 11.8 Å². The van der Waals surface area contributed by atoms with Gasteiger partial charge in [-0.25, -0.2) is 13.8 Å². The first-order chi connectivity index (χ1) is 6.18. The van der Waals surface area contributed by atoms with Crippen LogP contribution >= 0.6 is 0 Å². The minimum Gasteiger partial charge on any atom is -0.506 e. The lowest BCUT2D eigenvalue weighted by Crippen LogP contribution is -1.84. The summed E-state index contributed by atoms with van der Waals surface area (Å²) in [5, 5.41) is 9.27. The van der Waals surface area contributed by atoms with Crippen molar-refractivity contribution in [3.8, 4) is 5.75 Å². The maximum absolute atomic E-state index is 12.2. The van der Waals surface area contributed by atoms with Crippen LogP contribution in [0.5, 0.6) is 5.75 Å². The van der Waals surface area contributed by atoms with Crippen LogP contribution in [0.4, 0.5) is 8.78 Å². The molecule has 0 aliphatic carbocycles. The molecule has 68 valence electrons. The summed E-state index contributed by atoms with van der Waals surface area (Å²) in [6.45, 7) is 0. The maximum atomic E-state index is 12.2. The molecule has 0 radical (unpaired) electrons. The normalized spacial score (nSPS) is 11.3. The van der Waals surface area contributed by atoms with Crippen molar-refractivity contribution in [3.05, 3.63) is 24.0 Å². The Morgan fingerprint density at radius 2 is 2.15 bits per heavy atom. The fraction of sp³-hybridized carbons (Fsp3) is 0.125. The average Bonchev–Trinajstić information content (AvgIpc) is 2.51. The quantitative estimate of drug-likeness (QED) is 0.713. The number of benzene rings is 1. The van der Waals surface area contributed by atoms with E-state index in [-0.39, 0.29) is 11.3 Å². The highest BCUT2D eigenvalue weighted by Crippen LogP contribution is 2.28. The van der Waals surface area contributed by atoms with E-state index in [0.29, 0.717) is 11.0 Å². The molecule has 5 heteroatoms. The molecule has 0 fully saturated rings. The fourth-order valence-corrected chi connectivity index (χ4v) is 1.18. The van der Waals surface area contributed by atoms with Crippen molar-refractivity contribution >= 4 is 11.0 Å². The van der Waals surface area contributed by atoms with Gasteiger partial charge in [0.15, 0.2) is 0 Å². The molecule has 2 aromatic rings. The van der Waals surface area contributed by atoms with Crippen molar-refractivity contribution in [2.45, 2.75) is 6.43 Å². The molecule has 1 aromatic heterocycles. The molecule has 0 atom stereocenters. The lowest BCUT2D eigenvalue weighted by molar-refractivity contribution is 0.151. The van der Waals surface area contributed by atoms with Crippen molar-refractivity contribution < 1.29 is 13.9 Å². The number of phenols is 1. The molecule has 1 heterocycles. The van der Waals surface area contributed by atoms with Gasteiger partial charge in [-0.1, -0.05) is 0 Å². The molecule has 1 aromatic carbocycles. The molecule has 2 N–H and O–H groups in total. The van der Waals surface area contributed by atoms with Gasteiger partial charge >= 0.3 is 0 Å². The highest BCUT2D eigenvalue weighted by atomic mass is 19.3. The van der Waals surface area contributed by atoms with Crippen molar-refractivity contribution in [1.29, 1.82) is 0 Å². The Balaban J connectivity index is 2.70. The predicted molar refractivity (Wildman–Crippen MR) is 42.7 cm³/mol. The van der Waals surface area contributed by atoms with Gasteiger partial charge < -0.3 is 10.1 Å². The summed E-state index contributed by atoms with van der Waals surface area (Å²) >= 11 is 0. The molecular weight excluding hydrogens is 178 g/mol. The van der Waals surface area contributed by atoms with Crippen LogP contribution in [0, 0.1) is 0 Å². The summed E-state index contributed by atoms with van der Waals surface area (Å²) in [6.07, 6.45) is -1.24. The molecule has 0 aliphatic rings. The molecule has 13 heavy (non-hydrogen) atoms. The number of aromatic amines is 1. The highest BCUT2D eigenvalue weighted by Gasteiger charge is 2.11. The van der Waals surface area contributed by atoms with Crippen LogP contribution < -0.4 is 0 Å². The second-order valence-electron chi connectivity index (χ2n) is 2.64. The molecule has 0 bridgehead atoms. The molecule has 0 saturated carbocycles. The van der Waals surface area contributed by atoms with Gasteiger partial charge in [0.25, 0.3) is 6.43 Å². The third-order valence-corrected chi connectivity index (χ3v) is 1.78.